The Balaban J connectivity index is 1.06. The van der Waals surface area contributed by atoms with Gasteiger partial charge in [-0.1, -0.05) is 69.4 Å². The van der Waals surface area contributed by atoms with Gasteiger partial charge in [-0.25, -0.2) is 38.9 Å². The van der Waals surface area contributed by atoms with E-state index in [1.165, 1.54) is 29.9 Å². The highest BCUT2D eigenvalue weighted by Gasteiger charge is 2.56. The largest absolute Gasteiger partial charge is 0.408 e. The standard InChI is InChI=1S/C43H48FN11O11P2S2Si/c1-43(2,3)71(4,5)66-33-28-19-60-67(58,69)64-32-27(62-41(29(32)44)54-23-50-30-35(46-21-48-37(30)54)52-39(56)25-13-8-6-9-14-25)20-61-68(70,59-18-12-17-45)65-34(33)42(63-28)55-24-51-31-36(47-22-49-38(31)55)53-40(57)26-15-10-7-11-16-26/h6-11,13-16,21-24,27-29,32-34,41-42H,12,18-20H2,1-5H3,(H,58,69)(H,46,48,52,56)(H,47,49,53,57)/t27-,28-,29-,32-,33-,34-,41-,42-,67?,68?/m1/s1. The van der Waals surface area contributed by atoms with E-state index in [4.69, 9.17) is 48.3 Å². The summed E-state index contributed by atoms with van der Waals surface area (Å²) < 4.78 is 85.7. The van der Waals surface area contributed by atoms with Gasteiger partial charge in [0.05, 0.1) is 45.0 Å². The molecule has 7 heterocycles. The second kappa shape index (κ2) is 20.5. The molecule has 374 valence electrons. The van der Waals surface area contributed by atoms with Gasteiger partial charge < -0.3 is 33.6 Å². The molecule has 2 unspecified atom stereocenters. The molecule has 3 aliphatic heterocycles. The molecule has 10 atom stereocenters. The maximum atomic E-state index is 17.1. The number of aromatic nitrogens is 8. The fraction of sp³-hybridized carbons (Fsp3) is 0.419. The number of hydrogen-bond acceptors (Lipinski definition) is 19. The molecule has 0 radical (unpaired) electrons. The van der Waals surface area contributed by atoms with Gasteiger partial charge in [-0.3, -0.25) is 32.3 Å². The Morgan fingerprint density at radius 3 is 1.92 bits per heavy atom. The first-order valence-electron chi connectivity index (χ1n) is 22.2. The summed E-state index contributed by atoms with van der Waals surface area (Å²) in [7, 11) is -2.77. The normalized spacial score (nSPS) is 28.3. The molecule has 0 saturated carbocycles. The highest BCUT2D eigenvalue weighted by Crippen LogP contribution is 2.60. The molecule has 2 amide bonds. The van der Waals surface area contributed by atoms with Crippen LogP contribution in [0.5, 0.6) is 0 Å². The van der Waals surface area contributed by atoms with Crippen LogP contribution in [0.15, 0.2) is 86.0 Å². The Kier molecular flexibility index (Phi) is 14.7. The zero-order valence-corrected chi connectivity index (χ0v) is 43.2. The van der Waals surface area contributed by atoms with E-state index >= 15 is 4.39 Å². The summed E-state index contributed by atoms with van der Waals surface area (Å²) in [4.78, 5) is 52.6. The number of carbonyl (C=O) groups excluding carboxylic acids is 2. The number of carbonyl (C=O) groups is 2. The van der Waals surface area contributed by atoms with Crippen molar-refractivity contribution in [2.75, 3.05) is 30.5 Å². The number of anilines is 2. The van der Waals surface area contributed by atoms with Gasteiger partial charge in [0.1, 0.15) is 43.2 Å². The molecule has 71 heavy (non-hydrogen) atoms. The average molecular weight is 1070 g/mol. The van der Waals surface area contributed by atoms with Crippen LogP contribution in [-0.4, -0.2) is 116 Å². The summed E-state index contributed by atoms with van der Waals surface area (Å²) in [5.41, 5.74) is 1.37. The van der Waals surface area contributed by atoms with Crippen LogP contribution in [0.3, 0.4) is 0 Å². The number of fused-ring (bicyclic) bond motifs is 5. The van der Waals surface area contributed by atoms with E-state index in [2.05, 4.69) is 52.8 Å². The molecule has 9 rings (SSSR count). The second-order valence-corrected chi connectivity index (χ2v) is 28.6. The Morgan fingerprint density at radius 2 is 1.37 bits per heavy atom. The summed E-state index contributed by atoms with van der Waals surface area (Å²) in [6, 6.07) is 19.0. The van der Waals surface area contributed by atoms with Crippen molar-refractivity contribution in [2.45, 2.75) is 94.5 Å². The molecule has 0 spiro atoms. The van der Waals surface area contributed by atoms with Gasteiger partial charge in [0.25, 0.3) is 11.8 Å². The minimum absolute atomic E-state index is 0.0520. The minimum atomic E-state index is -4.53. The maximum Gasteiger partial charge on any atom is 0.386 e. The number of imidazole rings is 2. The van der Waals surface area contributed by atoms with Gasteiger partial charge in [-0.2, -0.15) is 5.26 Å². The topological polar surface area (TPSA) is 260 Å². The van der Waals surface area contributed by atoms with E-state index in [1.807, 2.05) is 39.9 Å². The third kappa shape index (κ3) is 10.7. The van der Waals surface area contributed by atoms with E-state index in [9.17, 15) is 19.4 Å². The van der Waals surface area contributed by atoms with Gasteiger partial charge in [-0.05, 0) is 54.2 Å². The molecule has 4 aromatic heterocycles. The number of nitrogens with one attached hydrogen (secondary N) is 2. The van der Waals surface area contributed by atoms with Crippen LogP contribution in [0.4, 0.5) is 16.0 Å². The van der Waals surface area contributed by atoms with Crippen LogP contribution in [0.25, 0.3) is 22.3 Å². The summed E-state index contributed by atoms with van der Waals surface area (Å²) in [5, 5.41) is 14.7. The number of ether oxygens (including phenoxy) is 2. The lowest BCUT2D eigenvalue weighted by atomic mass is 10.1. The van der Waals surface area contributed by atoms with Crippen LogP contribution in [0.1, 0.15) is 60.4 Å². The fourth-order valence-corrected chi connectivity index (χ4v) is 12.6. The number of nitrogens with zero attached hydrogens (tertiary/aromatic N) is 9. The van der Waals surface area contributed by atoms with Gasteiger partial charge in [-0.15, -0.1) is 0 Å². The number of hydrogen-bond donors (Lipinski definition) is 3. The van der Waals surface area contributed by atoms with Crippen molar-refractivity contribution in [3.8, 4) is 6.07 Å². The molecule has 3 saturated heterocycles. The van der Waals surface area contributed by atoms with Crippen molar-refractivity contribution in [3.63, 3.8) is 0 Å². The van der Waals surface area contributed by atoms with Crippen LogP contribution >= 0.6 is 25.8 Å². The molecule has 2 bridgehead atoms. The Labute approximate surface area is 417 Å². The molecule has 0 aliphatic carbocycles. The number of rotatable bonds is 11. The predicted octanol–water partition coefficient (Wildman–Crippen LogP) is 7.70. The Bertz CT molecular complexity index is 3080. The van der Waals surface area contributed by atoms with Crippen molar-refractivity contribution < 1.29 is 55.1 Å². The van der Waals surface area contributed by atoms with E-state index in [0.29, 0.717) is 11.1 Å². The molecule has 3 fully saturated rings. The predicted molar refractivity (Wildman–Crippen MR) is 263 cm³/mol. The molecule has 3 aliphatic rings. The first-order valence-corrected chi connectivity index (χ1v) is 30.3. The van der Waals surface area contributed by atoms with Gasteiger partial charge in [0.15, 0.2) is 60.9 Å². The summed E-state index contributed by atoms with van der Waals surface area (Å²) in [6.45, 7) is 0.247. The summed E-state index contributed by atoms with van der Waals surface area (Å²) in [6.07, 6.45) is -6.29. The maximum absolute atomic E-state index is 17.1. The van der Waals surface area contributed by atoms with E-state index in [-0.39, 0.29) is 52.0 Å². The summed E-state index contributed by atoms with van der Waals surface area (Å²) >= 11 is 10.4. The molecule has 2 N–H and O–H groups in total. The SMILES string of the molecule is CC(C)(C)[Si](C)(C)O[C@H]1[C@H]2OP(=S)(OCCC#N)OC[C@H]3O[C@@H](n4cnc5c(NC(=O)c6ccccc6)ncnc54)[C@H](F)[C@@H]3OP(=O)(S)OC[C@H]1O[C@H]2n1cnc2c(NC(=O)c3ccccc3)ncnc21. The van der Waals surface area contributed by atoms with E-state index in [0.717, 1.165) is 0 Å². The first kappa shape index (κ1) is 50.9. The number of nitriles is 1. The molecule has 28 heteroatoms. The van der Waals surface area contributed by atoms with Crippen molar-refractivity contribution in [1.29, 1.82) is 5.26 Å². The smallest absolute Gasteiger partial charge is 0.386 e. The van der Waals surface area contributed by atoms with Crippen LogP contribution in [0, 0.1) is 11.3 Å². The van der Waals surface area contributed by atoms with Crippen LogP contribution in [0.2, 0.25) is 18.1 Å². The number of alkyl halides is 1. The highest BCUT2D eigenvalue weighted by atomic mass is 32.7. The zero-order chi connectivity index (χ0) is 50.3. The van der Waals surface area contributed by atoms with Crippen LogP contribution in [-0.2, 0) is 52.9 Å². The number of thiol groups is 1. The van der Waals surface area contributed by atoms with Gasteiger partial charge >= 0.3 is 13.5 Å². The minimum Gasteiger partial charge on any atom is -0.408 e. The Hall–Kier alpha value is -4.97. The molecular formula is C43H48FN11O11P2S2Si. The Morgan fingerprint density at radius 1 is 0.831 bits per heavy atom. The van der Waals surface area contributed by atoms with Gasteiger partial charge in [0, 0.05) is 11.1 Å². The molecular weight excluding hydrogens is 1020 g/mol. The van der Waals surface area contributed by atoms with Crippen molar-refractivity contribution in [2.24, 2.45) is 0 Å². The van der Waals surface area contributed by atoms with Crippen molar-refractivity contribution in [3.05, 3.63) is 97.1 Å². The third-order valence-corrected chi connectivity index (χ3v) is 20.8. The lowest BCUT2D eigenvalue weighted by Gasteiger charge is -2.41. The number of halogens is 1. The lowest BCUT2D eigenvalue weighted by Crippen LogP contribution is -2.50. The van der Waals surface area contributed by atoms with Crippen molar-refractivity contribution in [1.82, 2.24) is 39.0 Å². The van der Waals surface area contributed by atoms with Gasteiger partial charge in [0.2, 0.25) is 0 Å². The molecule has 2 aromatic carbocycles. The second-order valence-electron chi connectivity index (χ2n) is 18.0. The monoisotopic (exact) mass is 1070 g/mol. The number of benzene rings is 2. The quantitative estimate of drug-likeness (QED) is 0.0486. The van der Waals surface area contributed by atoms with E-state index in [1.54, 1.807) is 65.2 Å². The third-order valence-electron chi connectivity index (χ3n) is 12.4. The zero-order valence-electron chi connectivity index (χ0n) is 38.7. The van der Waals surface area contributed by atoms with Crippen molar-refractivity contribution >= 4 is 91.7 Å². The average Bonchev–Trinajstić information content (AvgIpc) is 4.12. The number of amides is 2. The first-order chi connectivity index (χ1) is 33.9. The molecule has 22 nitrogen and oxygen atoms in total. The fourth-order valence-electron chi connectivity index (χ4n) is 7.78. The highest BCUT2D eigenvalue weighted by molar-refractivity contribution is 8.44. The van der Waals surface area contributed by atoms with E-state index < -0.39 is 96.0 Å². The molecule has 6 aromatic rings. The van der Waals surface area contributed by atoms with Crippen LogP contribution < -0.4 is 10.6 Å². The summed E-state index contributed by atoms with van der Waals surface area (Å²) in [5.74, 6) is -0.739. The lowest BCUT2D eigenvalue weighted by molar-refractivity contribution is -0.0601.